The van der Waals surface area contributed by atoms with Crippen LogP contribution in [-0.4, -0.2) is 46.3 Å². The van der Waals surface area contributed by atoms with Crippen LogP contribution in [0, 0.1) is 0 Å². The highest BCUT2D eigenvalue weighted by Gasteiger charge is 2.09. The van der Waals surface area contributed by atoms with Gasteiger partial charge in [0.1, 0.15) is 6.54 Å². The van der Waals surface area contributed by atoms with E-state index < -0.39 is 5.97 Å². The number of nitrogens with zero attached hydrogens (tertiary/aromatic N) is 7. The standard InChI is InChI=1S/C6H7N7O2/c1-12-9-5(8-10-12)3-13-2-4(6(14)15)7-11-13/h2H,3H2,1H3,(H,14,15). The van der Waals surface area contributed by atoms with Crippen LogP contribution in [0.15, 0.2) is 6.20 Å². The second-order valence-corrected chi connectivity index (χ2v) is 2.80. The third-order valence-corrected chi connectivity index (χ3v) is 1.61. The first-order valence-corrected chi connectivity index (χ1v) is 4.01. The molecule has 0 unspecified atom stereocenters. The molecule has 0 radical (unpaired) electrons. The van der Waals surface area contributed by atoms with Gasteiger partial charge in [0, 0.05) is 0 Å². The van der Waals surface area contributed by atoms with Gasteiger partial charge < -0.3 is 5.11 Å². The van der Waals surface area contributed by atoms with Gasteiger partial charge in [0.15, 0.2) is 11.5 Å². The Morgan fingerprint density at radius 1 is 1.47 bits per heavy atom. The normalized spacial score (nSPS) is 10.5. The summed E-state index contributed by atoms with van der Waals surface area (Å²) in [5.41, 5.74) is -0.112. The molecule has 78 valence electrons. The lowest BCUT2D eigenvalue weighted by Gasteiger charge is -1.91. The smallest absolute Gasteiger partial charge is 0.358 e. The number of aromatic carboxylic acids is 1. The van der Waals surface area contributed by atoms with E-state index >= 15 is 0 Å². The summed E-state index contributed by atoms with van der Waals surface area (Å²) in [6, 6.07) is 0. The van der Waals surface area contributed by atoms with Crippen molar-refractivity contribution in [1.29, 1.82) is 0 Å². The topological polar surface area (TPSA) is 112 Å². The Hall–Kier alpha value is -2.32. The summed E-state index contributed by atoms with van der Waals surface area (Å²) in [7, 11) is 1.64. The number of tetrazole rings is 1. The summed E-state index contributed by atoms with van der Waals surface area (Å²) in [5.74, 6) is -0.673. The maximum atomic E-state index is 10.5. The van der Waals surface area contributed by atoms with Crippen molar-refractivity contribution in [2.45, 2.75) is 6.54 Å². The molecule has 0 saturated carbocycles. The first kappa shape index (κ1) is 9.24. The van der Waals surface area contributed by atoms with Crippen LogP contribution in [0.3, 0.4) is 0 Å². The molecule has 0 aliphatic rings. The SMILES string of the molecule is Cn1nnc(Cn2cc(C(=O)O)nn2)n1. The summed E-state index contributed by atoms with van der Waals surface area (Å²) in [5, 5.41) is 26.9. The van der Waals surface area contributed by atoms with Crippen molar-refractivity contribution >= 4 is 5.97 Å². The number of rotatable bonds is 3. The number of carboxylic acids is 1. The van der Waals surface area contributed by atoms with Crippen LogP contribution in [0.1, 0.15) is 16.3 Å². The molecule has 0 bridgehead atoms. The molecule has 0 amide bonds. The lowest BCUT2D eigenvalue weighted by atomic mass is 10.5. The number of hydrogen-bond donors (Lipinski definition) is 1. The molecule has 2 aromatic rings. The largest absolute Gasteiger partial charge is 0.476 e. The van der Waals surface area contributed by atoms with E-state index in [-0.39, 0.29) is 12.2 Å². The van der Waals surface area contributed by atoms with Crippen LogP contribution in [0.4, 0.5) is 0 Å². The second kappa shape index (κ2) is 3.44. The first-order chi connectivity index (χ1) is 7.15. The molecule has 0 aromatic carbocycles. The molecule has 2 aromatic heterocycles. The molecule has 0 fully saturated rings. The molecule has 9 nitrogen and oxygen atoms in total. The zero-order valence-corrected chi connectivity index (χ0v) is 7.77. The maximum Gasteiger partial charge on any atom is 0.358 e. The number of hydrogen-bond acceptors (Lipinski definition) is 6. The fourth-order valence-corrected chi connectivity index (χ4v) is 1.01. The maximum absolute atomic E-state index is 10.5. The molecule has 2 heterocycles. The summed E-state index contributed by atoms with van der Waals surface area (Å²) in [6.45, 7) is 0.244. The van der Waals surface area contributed by atoms with Gasteiger partial charge in [0.05, 0.1) is 13.2 Å². The average Bonchev–Trinajstić information content (AvgIpc) is 2.76. The molecule has 0 atom stereocenters. The fourth-order valence-electron chi connectivity index (χ4n) is 1.01. The molecule has 0 aliphatic heterocycles. The number of carbonyl (C=O) groups is 1. The van der Waals surface area contributed by atoms with Crippen molar-refractivity contribution in [3.05, 3.63) is 17.7 Å². The van der Waals surface area contributed by atoms with Crippen LogP contribution in [0.5, 0.6) is 0 Å². The highest BCUT2D eigenvalue weighted by atomic mass is 16.4. The van der Waals surface area contributed by atoms with E-state index in [0.29, 0.717) is 5.82 Å². The minimum atomic E-state index is -1.12. The third-order valence-electron chi connectivity index (χ3n) is 1.61. The Balaban J connectivity index is 2.14. The van der Waals surface area contributed by atoms with Gasteiger partial charge in [-0.1, -0.05) is 5.21 Å². The van der Waals surface area contributed by atoms with Gasteiger partial charge in [-0.05, 0) is 5.21 Å². The van der Waals surface area contributed by atoms with Crippen molar-refractivity contribution in [2.75, 3.05) is 0 Å². The predicted molar refractivity (Wildman–Crippen MR) is 44.9 cm³/mol. The molecule has 0 aliphatic carbocycles. The molecular formula is C6H7N7O2. The van der Waals surface area contributed by atoms with Crippen molar-refractivity contribution in [3.63, 3.8) is 0 Å². The molecule has 1 N–H and O–H groups in total. The number of aryl methyl sites for hydroxylation is 1. The predicted octanol–water partition coefficient (Wildman–Crippen LogP) is -1.45. The van der Waals surface area contributed by atoms with Crippen molar-refractivity contribution in [3.8, 4) is 0 Å². The zero-order valence-electron chi connectivity index (χ0n) is 7.77. The van der Waals surface area contributed by atoms with E-state index in [1.165, 1.54) is 15.7 Å². The highest BCUT2D eigenvalue weighted by Crippen LogP contribution is 1.95. The van der Waals surface area contributed by atoms with E-state index in [0.717, 1.165) is 0 Å². The molecule has 9 heteroatoms. The van der Waals surface area contributed by atoms with Gasteiger partial charge in [-0.3, -0.25) is 0 Å². The van der Waals surface area contributed by atoms with Crippen LogP contribution in [0.25, 0.3) is 0 Å². The summed E-state index contributed by atoms with van der Waals surface area (Å²) < 4.78 is 1.33. The minimum absolute atomic E-state index is 0.112. The number of aromatic nitrogens is 7. The molecule has 2 rings (SSSR count). The summed E-state index contributed by atoms with van der Waals surface area (Å²) in [6.07, 6.45) is 1.30. The van der Waals surface area contributed by atoms with Gasteiger partial charge in [-0.15, -0.1) is 15.3 Å². The Morgan fingerprint density at radius 2 is 2.27 bits per heavy atom. The van der Waals surface area contributed by atoms with E-state index in [1.807, 2.05) is 0 Å². The van der Waals surface area contributed by atoms with Crippen LogP contribution in [0.2, 0.25) is 0 Å². The van der Waals surface area contributed by atoms with Gasteiger partial charge in [0.25, 0.3) is 0 Å². The highest BCUT2D eigenvalue weighted by molar-refractivity contribution is 5.84. The summed E-state index contributed by atoms with van der Waals surface area (Å²) in [4.78, 5) is 11.8. The van der Waals surface area contributed by atoms with Gasteiger partial charge in [-0.25, -0.2) is 9.48 Å². The van der Waals surface area contributed by atoms with Crippen LogP contribution in [-0.2, 0) is 13.6 Å². The lowest BCUT2D eigenvalue weighted by molar-refractivity contribution is 0.0690. The van der Waals surface area contributed by atoms with Crippen LogP contribution >= 0.6 is 0 Å². The molecular weight excluding hydrogens is 202 g/mol. The summed E-state index contributed by atoms with van der Waals surface area (Å²) >= 11 is 0. The Kier molecular flexibility index (Phi) is 2.12. The average molecular weight is 209 g/mol. The van der Waals surface area contributed by atoms with E-state index in [2.05, 4.69) is 25.7 Å². The Bertz CT molecular complexity index is 487. The second-order valence-electron chi connectivity index (χ2n) is 2.80. The zero-order chi connectivity index (χ0) is 10.8. The quantitative estimate of drug-likeness (QED) is 0.657. The van der Waals surface area contributed by atoms with E-state index in [9.17, 15) is 4.79 Å². The lowest BCUT2D eigenvalue weighted by Crippen LogP contribution is -2.03. The molecule has 0 spiro atoms. The van der Waals surface area contributed by atoms with Gasteiger partial charge >= 0.3 is 5.97 Å². The Labute approximate surface area is 83.3 Å². The van der Waals surface area contributed by atoms with Crippen molar-refractivity contribution in [1.82, 2.24) is 35.2 Å². The third kappa shape index (κ3) is 1.95. The van der Waals surface area contributed by atoms with Gasteiger partial charge in [-0.2, -0.15) is 4.80 Å². The molecule has 0 saturated heterocycles. The number of carboxylic acid groups (broad SMARTS) is 1. The molecule has 15 heavy (non-hydrogen) atoms. The monoisotopic (exact) mass is 209 g/mol. The Morgan fingerprint density at radius 3 is 2.80 bits per heavy atom. The first-order valence-electron chi connectivity index (χ1n) is 4.01. The van der Waals surface area contributed by atoms with Gasteiger partial charge in [0.2, 0.25) is 0 Å². The van der Waals surface area contributed by atoms with Crippen LogP contribution < -0.4 is 0 Å². The van der Waals surface area contributed by atoms with E-state index in [1.54, 1.807) is 7.05 Å². The van der Waals surface area contributed by atoms with Crippen molar-refractivity contribution in [2.24, 2.45) is 7.05 Å². The minimum Gasteiger partial charge on any atom is -0.476 e. The van der Waals surface area contributed by atoms with Crippen molar-refractivity contribution < 1.29 is 9.90 Å². The van der Waals surface area contributed by atoms with E-state index in [4.69, 9.17) is 5.11 Å². The fraction of sp³-hybridized carbons (Fsp3) is 0.333.